The zero-order chi connectivity index (χ0) is 44.5. The van der Waals surface area contributed by atoms with Crippen LogP contribution in [0.3, 0.4) is 0 Å². The van der Waals surface area contributed by atoms with E-state index < -0.39 is 46.9 Å². The van der Waals surface area contributed by atoms with Crippen LogP contribution in [0.2, 0.25) is 0 Å². The molecule has 0 aliphatic carbocycles. The zero-order valence-electron chi connectivity index (χ0n) is 36.9. The molecule has 332 valence electrons. The number of carbonyl (C=O) groups is 3. The minimum absolute atomic E-state index is 0.00905. The number of likely N-dealkylation sites (N-methyl/N-ethyl adjacent to an activating group) is 1. The quantitative estimate of drug-likeness (QED) is 0.184. The summed E-state index contributed by atoms with van der Waals surface area (Å²) >= 11 is 0. The summed E-state index contributed by atoms with van der Waals surface area (Å²) in [6, 6.07) is 11.2. The maximum Gasteiger partial charge on any atom is 0.326 e. The first kappa shape index (κ1) is 44.6. The third-order valence-electron chi connectivity index (χ3n) is 12.4. The highest BCUT2D eigenvalue weighted by atomic mass is 16.8. The molecule has 0 unspecified atom stereocenters. The molecular formula is C46H61N8O8+. The predicted molar refractivity (Wildman–Crippen MR) is 233 cm³/mol. The first-order chi connectivity index (χ1) is 29.5. The van der Waals surface area contributed by atoms with Crippen molar-refractivity contribution in [2.24, 2.45) is 17.1 Å². The van der Waals surface area contributed by atoms with Gasteiger partial charge in [-0.2, -0.15) is 5.43 Å². The number of nitrogens with zero attached hydrogens (tertiary/aromatic N) is 5. The zero-order valence-corrected chi connectivity index (χ0v) is 36.9. The fraction of sp³-hybridized carbons (Fsp3) is 0.522. The maximum absolute atomic E-state index is 14.6. The molecule has 0 saturated carbocycles. The van der Waals surface area contributed by atoms with E-state index in [4.69, 9.17) is 20.0 Å². The maximum atomic E-state index is 14.6. The van der Waals surface area contributed by atoms with Gasteiger partial charge in [0.25, 0.3) is 5.91 Å². The van der Waals surface area contributed by atoms with Gasteiger partial charge in [-0.15, -0.1) is 0 Å². The van der Waals surface area contributed by atoms with Crippen molar-refractivity contribution in [3.05, 3.63) is 76.5 Å². The lowest BCUT2D eigenvalue weighted by Crippen LogP contribution is -2.64. The van der Waals surface area contributed by atoms with Crippen molar-refractivity contribution in [1.82, 2.24) is 30.2 Å². The van der Waals surface area contributed by atoms with Crippen molar-refractivity contribution < 1.29 is 38.7 Å². The van der Waals surface area contributed by atoms with Crippen LogP contribution in [0.15, 0.2) is 54.9 Å². The highest BCUT2D eigenvalue weighted by Crippen LogP contribution is 2.41. The molecule has 2 saturated heterocycles. The number of phenolic OH excluding ortho intramolecular Hbond substituents is 1. The predicted octanol–water partition coefficient (Wildman–Crippen LogP) is 4.62. The smallest absolute Gasteiger partial charge is 0.326 e. The number of aromatic hydroxyl groups is 1. The van der Waals surface area contributed by atoms with E-state index in [2.05, 4.69) is 53.2 Å². The molecule has 2 aromatic carbocycles. The molecule has 0 radical (unpaired) electrons. The Morgan fingerprint density at radius 2 is 1.95 bits per heavy atom. The van der Waals surface area contributed by atoms with Crippen LogP contribution in [0.25, 0.3) is 33.3 Å². The second-order valence-electron chi connectivity index (χ2n) is 18.2. The second kappa shape index (κ2) is 18.1. The lowest BCUT2D eigenvalue weighted by atomic mass is 9.84. The van der Waals surface area contributed by atoms with Gasteiger partial charge in [0.1, 0.15) is 23.4 Å². The van der Waals surface area contributed by atoms with E-state index in [0.717, 1.165) is 44.4 Å². The average Bonchev–Trinajstić information content (AvgIpc) is 3.82. The Kier molecular flexibility index (Phi) is 13.0. The molecule has 6 bridgehead atoms. The SMILES string of the molecule is CCn1c(-c2cnccc2COC)c2c3cc(ccc31)-c1cc(O)cc(c1)C[C@H](NC(=O)[C@H](C(C)C)N(C)C(=O)[C@@]1(N)CCOC1)C(=O)N1CCC[C@H](N1)[N+](=O)OCC(C)(C)C2. The molecule has 4 atom stereocenters. The Labute approximate surface area is 362 Å². The van der Waals surface area contributed by atoms with Gasteiger partial charge in [0.2, 0.25) is 16.7 Å². The minimum Gasteiger partial charge on any atom is -0.508 e. The number of aromatic nitrogens is 2. The third kappa shape index (κ3) is 9.05. The van der Waals surface area contributed by atoms with E-state index in [1.54, 1.807) is 32.5 Å². The van der Waals surface area contributed by atoms with E-state index in [0.29, 0.717) is 55.9 Å². The molecule has 4 aromatic rings. The molecule has 2 fully saturated rings. The van der Waals surface area contributed by atoms with Crippen molar-refractivity contribution >= 4 is 28.6 Å². The summed E-state index contributed by atoms with van der Waals surface area (Å²) < 4.78 is 13.3. The number of ether oxygens (including phenoxy) is 2. The van der Waals surface area contributed by atoms with Gasteiger partial charge >= 0.3 is 6.17 Å². The summed E-state index contributed by atoms with van der Waals surface area (Å²) in [6.45, 7) is 11.7. The third-order valence-corrected chi connectivity index (χ3v) is 12.4. The lowest BCUT2D eigenvalue weighted by Gasteiger charge is -2.36. The number of phenols is 1. The Morgan fingerprint density at radius 1 is 1.16 bits per heavy atom. The molecule has 3 aliphatic heterocycles. The second-order valence-corrected chi connectivity index (χ2v) is 18.2. The molecule has 2 aromatic heterocycles. The lowest BCUT2D eigenvalue weighted by molar-refractivity contribution is -0.835. The Balaban J connectivity index is 1.34. The van der Waals surface area contributed by atoms with Gasteiger partial charge in [0, 0.05) is 81.0 Å². The number of methoxy groups -OCH3 is 1. The summed E-state index contributed by atoms with van der Waals surface area (Å²) in [7, 11) is 3.22. The summed E-state index contributed by atoms with van der Waals surface area (Å²) in [5.74, 6) is -1.81. The first-order valence-corrected chi connectivity index (χ1v) is 21.6. The number of nitrogens with one attached hydrogen (secondary N) is 2. The van der Waals surface area contributed by atoms with Crippen LogP contribution in [-0.4, -0.2) is 112 Å². The largest absolute Gasteiger partial charge is 0.508 e. The fourth-order valence-electron chi connectivity index (χ4n) is 9.27. The molecular weight excluding hydrogens is 793 g/mol. The number of hydrogen-bond donors (Lipinski definition) is 4. The van der Waals surface area contributed by atoms with Crippen molar-refractivity contribution in [3.63, 3.8) is 0 Å². The molecule has 3 amide bonds. The van der Waals surface area contributed by atoms with E-state index in [-0.39, 0.29) is 37.8 Å². The number of pyridine rings is 1. The molecule has 16 nitrogen and oxygen atoms in total. The van der Waals surface area contributed by atoms with Gasteiger partial charge in [-0.1, -0.05) is 39.8 Å². The van der Waals surface area contributed by atoms with Crippen LogP contribution in [0, 0.1) is 16.2 Å². The number of fused-ring (bicyclic) bond motifs is 6. The van der Waals surface area contributed by atoms with E-state index in [1.165, 1.54) is 9.91 Å². The van der Waals surface area contributed by atoms with Crippen LogP contribution in [0.1, 0.15) is 70.6 Å². The normalized spacial score (nSPS) is 22.3. The number of hydrogen-bond acceptors (Lipinski definition) is 11. The first-order valence-electron chi connectivity index (χ1n) is 21.6. The summed E-state index contributed by atoms with van der Waals surface area (Å²) in [4.78, 5) is 68.9. The van der Waals surface area contributed by atoms with Gasteiger partial charge in [-0.25, -0.2) is 4.84 Å². The highest BCUT2D eigenvalue weighted by Gasteiger charge is 2.45. The number of benzene rings is 2. The molecule has 3 aliphatic rings. The number of hydrazine groups is 1. The van der Waals surface area contributed by atoms with Crippen molar-refractivity contribution in [2.75, 3.05) is 40.5 Å². The number of amides is 3. The minimum atomic E-state index is -1.26. The van der Waals surface area contributed by atoms with E-state index in [9.17, 15) is 24.4 Å². The fourth-order valence-corrected chi connectivity index (χ4v) is 9.27. The summed E-state index contributed by atoms with van der Waals surface area (Å²) in [5.41, 5.74) is 14.9. The standard InChI is InChI=1S/C46H60N8O8/c1-8-52-38-12-11-30-22-34(38)35(41(52)36-24-48-15-13-31(36)25-60-7)23-45(4,5)26-62-54(59)39-10-9-16-53(50-39)43(57)37(20-29-18-32(30)21-33(55)19-29)49-42(56)40(28(2)3)51(6)44(58)46(47)14-17-61-27-46/h11-13,15,18-19,21-22,24,28,37,39-40,50H,8-10,14,16-17,20,23,25-27,47H2,1-7H3,(H-,49,55,56)/p+1/t37-,39+,40-,46+/m0/s1. The van der Waals surface area contributed by atoms with Crippen LogP contribution >= 0.6 is 0 Å². The molecule has 16 heteroatoms. The number of carbonyl (C=O) groups excluding carboxylic acids is 3. The summed E-state index contributed by atoms with van der Waals surface area (Å²) in [6.07, 6.45) is 4.50. The van der Waals surface area contributed by atoms with Gasteiger partial charge in [-0.3, -0.25) is 24.4 Å². The van der Waals surface area contributed by atoms with Crippen LogP contribution in [0.4, 0.5) is 0 Å². The Hall–Kier alpha value is -5.42. The van der Waals surface area contributed by atoms with Gasteiger partial charge in [-0.05, 0) is 90.3 Å². The average molecular weight is 854 g/mol. The van der Waals surface area contributed by atoms with E-state index in [1.807, 2.05) is 38.2 Å². The van der Waals surface area contributed by atoms with Gasteiger partial charge in [0.15, 0.2) is 6.61 Å². The molecule has 0 spiro atoms. The van der Waals surface area contributed by atoms with Crippen molar-refractivity contribution in [2.45, 2.75) is 104 Å². The summed E-state index contributed by atoms with van der Waals surface area (Å²) in [5, 5.41) is 16.6. The monoisotopic (exact) mass is 853 g/mol. The molecule has 7 rings (SSSR count). The number of nitrogens with two attached hydrogens (primary N) is 1. The van der Waals surface area contributed by atoms with Crippen LogP contribution in [0.5, 0.6) is 5.75 Å². The van der Waals surface area contributed by atoms with Gasteiger partial charge in [0.05, 0.1) is 23.8 Å². The Morgan fingerprint density at radius 3 is 2.66 bits per heavy atom. The van der Waals surface area contributed by atoms with Crippen LogP contribution < -0.4 is 16.5 Å². The number of rotatable bonds is 9. The highest BCUT2D eigenvalue weighted by molar-refractivity contribution is 5.96. The van der Waals surface area contributed by atoms with Gasteiger partial charge < -0.3 is 35.1 Å². The van der Waals surface area contributed by atoms with E-state index >= 15 is 0 Å². The molecule has 5 N–H and O–H groups in total. The Bertz CT molecular complexity index is 2340. The molecule has 62 heavy (non-hydrogen) atoms. The van der Waals surface area contributed by atoms with Crippen LogP contribution in [-0.2, 0) is 54.7 Å². The van der Waals surface area contributed by atoms with Crippen molar-refractivity contribution in [1.29, 1.82) is 0 Å². The molecule has 5 heterocycles. The van der Waals surface area contributed by atoms with Crippen molar-refractivity contribution in [3.8, 4) is 28.1 Å². The number of aryl methyl sites for hydroxylation is 1. The topological polar surface area (TPSA) is 194 Å².